The van der Waals surface area contributed by atoms with Crippen molar-refractivity contribution in [1.82, 2.24) is 5.32 Å². The molecule has 0 fully saturated rings. The Bertz CT molecular complexity index is 718. The first-order valence-electron chi connectivity index (χ1n) is 5.71. The molecule has 19 heavy (non-hydrogen) atoms. The standard InChI is InChI=1S/C14H10ClNO2S/c15-11-1-2-12-10(5-11)6-13(18-12)14(17)16-7-9-3-4-19-8-9/h1-6,8H,7H2,(H,16,17). The van der Waals surface area contributed by atoms with Crippen LogP contribution in [0.1, 0.15) is 16.1 Å². The van der Waals surface area contributed by atoms with E-state index < -0.39 is 0 Å². The van der Waals surface area contributed by atoms with E-state index in [1.807, 2.05) is 16.8 Å². The van der Waals surface area contributed by atoms with Crippen LogP contribution in [0.15, 0.2) is 45.5 Å². The molecule has 2 aromatic heterocycles. The number of fused-ring (bicyclic) bond motifs is 1. The molecule has 0 aliphatic heterocycles. The first-order valence-corrected chi connectivity index (χ1v) is 7.03. The topological polar surface area (TPSA) is 42.2 Å². The number of nitrogens with one attached hydrogen (secondary N) is 1. The fourth-order valence-corrected chi connectivity index (χ4v) is 2.64. The molecule has 0 saturated carbocycles. The molecule has 1 aromatic carbocycles. The minimum atomic E-state index is -0.224. The molecule has 0 unspecified atom stereocenters. The number of benzene rings is 1. The number of amides is 1. The number of furan rings is 1. The van der Waals surface area contributed by atoms with Gasteiger partial charge in [-0.25, -0.2) is 0 Å². The summed E-state index contributed by atoms with van der Waals surface area (Å²) < 4.78 is 5.49. The van der Waals surface area contributed by atoms with E-state index in [0.29, 0.717) is 22.9 Å². The lowest BCUT2D eigenvalue weighted by molar-refractivity contribution is 0.0925. The van der Waals surface area contributed by atoms with Gasteiger partial charge in [-0.3, -0.25) is 4.79 Å². The lowest BCUT2D eigenvalue weighted by Crippen LogP contribution is -2.21. The Morgan fingerprint density at radius 2 is 2.21 bits per heavy atom. The van der Waals surface area contributed by atoms with E-state index in [2.05, 4.69) is 5.32 Å². The largest absolute Gasteiger partial charge is 0.451 e. The van der Waals surface area contributed by atoms with Crippen LogP contribution < -0.4 is 5.32 Å². The third-order valence-electron chi connectivity index (χ3n) is 2.74. The van der Waals surface area contributed by atoms with Crippen LogP contribution in [-0.2, 0) is 6.54 Å². The average Bonchev–Trinajstić information content (AvgIpc) is 3.04. The van der Waals surface area contributed by atoms with Crippen LogP contribution in [0.5, 0.6) is 0 Å². The second-order valence-corrected chi connectivity index (χ2v) is 5.32. The lowest BCUT2D eigenvalue weighted by Gasteiger charge is -2.00. The first kappa shape index (κ1) is 12.3. The SMILES string of the molecule is O=C(NCc1ccsc1)c1cc2cc(Cl)ccc2o1. The Hall–Kier alpha value is -1.78. The van der Waals surface area contributed by atoms with E-state index in [9.17, 15) is 4.79 Å². The van der Waals surface area contributed by atoms with Crippen LogP contribution in [0.25, 0.3) is 11.0 Å². The van der Waals surface area contributed by atoms with Crippen molar-refractivity contribution >= 4 is 39.8 Å². The lowest BCUT2D eigenvalue weighted by atomic mass is 10.2. The van der Waals surface area contributed by atoms with E-state index in [0.717, 1.165) is 10.9 Å². The Balaban J connectivity index is 1.77. The van der Waals surface area contributed by atoms with E-state index >= 15 is 0 Å². The zero-order valence-electron chi connectivity index (χ0n) is 9.85. The summed E-state index contributed by atoms with van der Waals surface area (Å²) >= 11 is 7.50. The summed E-state index contributed by atoms with van der Waals surface area (Å²) in [5, 5.41) is 8.24. The van der Waals surface area contributed by atoms with Crippen molar-refractivity contribution < 1.29 is 9.21 Å². The summed E-state index contributed by atoms with van der Waals surface area (Å²) in [7, 11) is 0. The number of rotatable bonds is 3. The van der Waals surface area contributed by atoms with Crippen molar-refractivity contribution in [3.63, 3.8) is 0 Å². The average molecular weight is 292 g/mol. The maximum Gasteiger partial charge on any atom is 0.287 e. The van der Waals surface area contributed by atoms with Crippen molar-refractivity contribution in [3.05, 3.63) is 57.4 Å². The van der Waals surface area contributed by atoms with Crippen LogP contribution in [0.4, 0.5) is 0 Å². The molecule has 2 heterocycles. The zero-order chi connectivity index (χ0) is 13.2. The predicted octanol–water partition coefficient (Wildman–Crippen LogP) is 4.08. The minimum absolute atomic E-state index is 0.224. The van der Waals surface area contributed by atoms with Gasteiger partial charge in [0.15, 0.2) is 5.76 Å². The van der Waals surface area contributed by atoms with Crippen molar-refractivity contribution in [2.24, 2.45) is 0 Å². The quantitative estimate of drug-likeness (QED) is 0.790. The molecule has 0 bridgehead atoms. The predicted molar refractivity (Wildman–Crippen MR) is 76.7 cm³/mol. The van der Waals surface area contributed by atoms with Gasteiger partial charge in [-0.1, -0.05) is 11.6 Å². The van der Waals surface area contributed by atoms with Gasteiger partial charge in [-0.2, -0.15) is 11.3 Å². The molecular weight excluding hydrogens is 282 g/mol. The van der Waals surface area contributed by atoms with Gasteiger partial charge in [-0.05, 0) is 46.7 Å². The molecule has 5 heteroatoms. The summed E-state index contributed by atoms with van der Waals surface area (Å²) in [6.07, 6.45) is 0. The highest BCUT2D eigenvalue weighted by Gasteiger charge is 2.12. The van der Waals surface area contributed by atoms with Crippen molar-refractivity contribution in [2.75, 3.05) is 0 Å². The van der Waals surface area contributed by atoms with Crippen molar-refractivity contribution in [3.8, 4) is 0 Å². The van der Waals surface area contributed by atoms with Gasteiger partial charge in [0.05, 0.1) is 0 Å². The van der Waals surface area contributed by atoms with Crippen molar-refractivity contribution in [2.45, 2.75) is 6.54 Å². The van der Waals surface area contributed by atoms with E-state index in [1.165, 1.54) is 0 Å². The Morgan fingerprint density at radius 3 is 3.00 bits per heavy atom. The molecule has 3 rings (SSSR count). The second-order valence-electron chi connectivity index (χ2n) is 4.11. The summed E-state index contributed by atoms with van der Waals surface area (Å²) in [5.74, 6) is 0.0750. The molecule has 96 valence electrons. The smallest absolute Gasteiger partial charge is 0.287 e. The molecular formula is C14H10ClNO2S. The van der Waals surface area contributed by atoms with Gasteiger partial charge >= 0.3 is 0 Å². The first-order chi connectivity index (χ1) is 9.22. The molecule has 0 saturated heterocycles. The van der Waals surface area contributed by atoms with Gasteiger partial charge in [0.25, 0.3) is 5.91 Å². The number of halogens is 1. The Morgan fingerprint density at radius 1 is 1.32 bits per heavy atom. The van der Waals surface area contributed by atoms with E-state index in [1.54, 1.807) is 35.6 Å². The highest BCUT2D eigenvalue weighted by Crippen LogP contribution is 2.23. The number of hydrogen-bond acceptors (Lipinski definition) is 3. The number of thiophene rings is 1. The molecule has 0 aliphatic carbocycles. The van der Waals surface area contributed by atoms with Crippen LogP contribution in [0.2, 0.25) is 5.02 Å². The maximum absolute atomic E-state index is 12.0. The molecule has 1 amide bonds. The fourth-order valence-electron chi connectivity index (χ4n) is 1.79. The highest BCUT2D eigenvalue weighted by molar-refractivity contribution is 7.07. The summed E-state index contributed by atoms with van der Waals surface area (Å²) in [6, 6.07) is 8.94. The van der Waals surface area contributed by atoms with Crippen LogP contribution >= 0.6 is 22.9 Å². The molecule has 3 aromatic rings. The monoisotopic (exact) mass is 291 g/mol. The number of carbonyl (C=O) groups is 1. The van der Waals surface area contributed by atoms with Crippen LogP contribution in [0.3, 0.4) is 0 Å². The maximum atomic E-state index is 12.0. The fraction of sp³-hybridized carbons (Fsp3) is 0.0714. The molecule has 0 radical (unpaired) electrons. The normalized spacial score (nSPS) is 10.8. The van der Waals surface area contributed by atoms with Gasteiger partial charge in [0, 0.05) is 17.0 Å². The molecule has 0 atom stereocenters. The number of hydrogen-bond donors (Lipinski definition) is 1. The van der Waals surface area contributed by atoms with E-state index in [-0.39, 0.29) is 5.91 Å². The van der Waals surface area contributed by atoms with Crippen LogP contribution in [0, 0.1) is 0 Å². The van der Waals surface area contributed by atoms with Crippen molar-refractivity contribution in [1.29, 1.82) is 0 Å². The summed E-state index contributed by atoms with van der Waals surface area (Å²) in [4.78, 5) is 12.0. The highest BCUT2D eigenvalue weighted by atomic mass is 35.5. The van der Waals surface area contributed by atoms with Crippen LogP contribution in [-0.4, -0.2) is 5.91 Å². The van der Waals surface area contributed by atoms with Gasteiger partial charge in [0.2, 0.25) is 0 Å². The van der Waals surface area contributed by atoms with Gasteiger partial charge in [0.1, 0.15) is 5.58 Å². The summed E-state index contributed by atoms with van der Waals surface area (Å²) in [5.41, 5.74) is 1.74. The Kier molecular flexibility index (Phi) is 3.27. The minimum Gasteiger partial charge on any atom is -0.451 e. The second kappa shape index (κ2) is 5.07. The van der Waals surface area contributed by atoms with Gasteiger partial charge in [-0.15, -0.1) is 0 Å². The van der Waals surface area contributed by atoms with Gasteiger partial charge < -0.3 is 9.73 Å². The molecule has 0 spiro atoms. The molecule has 3 nitrogen and oxygen atoms in total. The Labute approximate surface area is 118 Å². The molecule has 1 N–H and O–H groups in total. The zero-order valence-corrected chi connectivity index (χ0v) is 11.4. The summed E-state index contributed by atoms with van der Waals surface area (Å²) in [6.45, 7) is 0.500. The van der Waals surface area contributed by atoms with E-state index in [4.69, 9.17) is 16.0 Å². The number of carbonyl (C=O) groups excluding carboxylic acids is 1. The molecule has 0 aliphatic rings. The third kappa shape index (κ3) is 2.64. The third-order valence-corrected chi connectivity index (χ3v) is 3.70.